The second-order valence-corrected chi connectivity index (χ2v) is 4.55. The lowest BCUT2D eigenvalue weighted by Gasteiger charge is -2.04. The molecule has 0 unspecified atom stereocenters. The van der Waals surface area contributed by atoms with Crippen LogP contribution in [0.15, 0.2) is 43.1 Å². The van der Waals surface area contributed by atoms with E-state index >= 15 is 0 Å². The predicted octanol–water partition coefficient (Wildman–Crippen LogP) is 1.12. The Morgan fingerprint density at radius 2 is 2.25 bits per heavy atom. The normalized spacial score (nSPS) is 10.8. The van der Waals surface area contributed by atoms with Crippen molar-refractivity contribution in [1.82, 2.24) is 25.1 Å². The van der Waals surface area contributed by atoms with E-state index in [1.54, 1.807) is 0 Å². The quantitative estimate of drug-likeness (QED) is 0.728. The number of amides is 1. The molecule has 102 valence electrons. The average molecular weight is 269 g/mol. The molecule has 0 radical (unpaired) electrons. The molecule has 0 aliphatic rings. The molecule has 0 aliphatic heterocycles. The molecule has 0 bridgehead atoms. The number of aromatic amines is 1. The molecule has 0 aliphatic carbocycles. The maximum atomic E-state index is 11.7. The second-order valence-electron chi connectivity index (χ2n) is 4.55. The third-order valence-corrected chi connectivity index (χ3v) is 3.16. The maximum Gasteiger partial charge on any atom is 0.241 e. The number of para-hydroxylation sites is 1. The SMILES string of the molecule is O=C(Cn1cncn1)NCCc1c[nH]c2ccccc12. The summed E-state index contributed by atoms with van der Waals surface area (Å²) < 4.78 is 1.50. The summed E-state index contributed by atoms with van der Waals surface area (Å²) in [6.07, 6.45) is 5.74. The van der Waals surface area contributed by atoms with E-state index in [4.69, 9.17) is 0 Å². The van der Waals surface area contributed by atoms with E-state index in [1.807, 2.05) is 24.4 Å². The standard InChI is InChI=1S/C14H15N5O/c20-14(8-19-10-15-9-18-19)16-6-5-11-7-17-13-4-2-1-3-12(11)13/h1-4,7,9-10,17H,5-6,8H2,(H,16,20). The molecule has 1 aromatic carbocycles. The number of H-pyrrole nitrogens is 1. The molecule has 0 fully saturated rings. The molecule has 2 heterocycles. The minimum absolute atomic E-state index is 0.0599. The number of fused-ring (bicyclic) bond motifs is 1. The van der Waals surface area contributed by atoms with E-state index in [-0.39, 0.29) is 12.5 Å². The van der Waals surface area contributed by atoms with Gasteiger partial charge in [-0.05, 0) is 18.1 Å². The minimum atomic E-state index is -0.0599. The lowest BCUT2D eigenvalue weighted by atomic mass is 10.1. The number of aromatic nitrogens is 4. The van der Waals surface area contributed by atoms with Gasteiger partial charge in [-0.25, -0.2) is 9.67 Å². The van der Waals surface area contributed by atoms with Crippen molar-refractivity contribution in [2.45, 2.75) is 13.0 Å². The van der Waals surface area contributed by atoms with Gasteiger partial charge in [0, 0.05) is 23.6 Å². The van der Waals surface area contributed by atoms with Crippen LogP contribution in [0.3, 0.4) is 0 Å². The fourth-order valence-electron chi connectivity index (χ4n) is 2.19. The summed E-state index contributed by atoms with van der Waals surface area (Å²) in [4.78, 5) is 18.7. The lowest BCUT2D eigenvalue weighted by Crippen LogP contribution is -2.29. The van der Waals surface area contributed by atoms with E-state index in [0.717, 1.165) is 11.9 Å². The van der Waals surface area contributed by atoms with Gasteiger partial charge in [0.15, 0.2) is 0 Å². The number of nitrogens with zero attached hydrogens (tertiary/aromatic N) is 3. The number of carbonyl (C=O) groups excluding carboxylic acids is 1. The van der Waals surface area contributed by atoms with Crippen molar-refractivity contribution in [3.05, 3.63) is 48.7 Å². The maximum absolute atomic E-state index is 11.7. The van der Waals surface area contributed by atoms with Gasteiger partial charge in [0.05, 0.1) is 0 Å². The Hall–Kier alpha value is -2.63. The van der Waals surface area contributed by atoms with Gasteiger partial charge in [-0.1, -0.05) is 18.2 Å². The highest BCUT2D eigenvalue weighted by atomic mass is 16.2. The van der Waals surface area contributed by atoms with E-state index in [2.05, 4.69) is 26.4 Å². The molecule has 2 N–H and O–H groups in total. The predicted molar refractivity (Wildman–Crippen MR) is 75.0 cm³/mol. The molecular formula is C14H15N5O. The van der Waals surface area contributed by atoms with Crippen LogP contribution >= 0.6 is 0 Å². The number of hydrogen-bond donors (Lipinski definition) is 2. The van der Waals surface area contributed by atoms with E-state index in [9.17, 15) is 4.79 Å². The van der Waals surface area contributed by atoms with Gasteiger partial charge in [0.1, 0.15) is 19.2 Å². The van der Waals surface area contributed by atoms with Crippen LogP contribution in [0.2, 0.25) is 0 Å². The summed E-state index contributed by atoms with van der Waals surface area (Å²) >= 11 is 0. The Bertz CT molecular complexity index is 701. The van der Waals surface area contributed by atoms with E-state index in [0.29, 0.717) is 6.54 Å². The van der Waals surface area contributed by atoms with Crippen LogP contribution in [0.4, 0.5) is 0 Å². The van der Waals surface area contributed by atoms with Crippen LogP contribution in [0.5, 0.6) is 0 Å². The van der Waals surface area contributed by atoms with Crippen molar-refractivity contribution < 1.29 is 4.79 Å². The topological polar surface area (TPSA) is 75.6 Å². The van der Waals surface area contributed by atoms with Crippen LogP contribution in [-0.4, -0.2) is 32.2 Å². The smallest absolute Gasteiger partial charge is 0.241 e. The minimum Gasteiger partial charge on any atom is -0.361 e. The highest BCUT2D eigenvalue weighted by Gasteiger charge is 2.05. The van der Waals surface area contributed by atoms with Gasteiger partial charge < -0.3 is 10.3 Å². The molecule has 2 aromatic heterocycles. The lowest BCUT2D eigenvalue weighted by molar-refractivity contribution is -0.121. The second kappa shape index (κ2) is 5.56. The van der Waals surface area contributed by atoms with E-state index < -0.39 is 0 Å². The van der Waals surface area contributed by atoms with Gasteiger partial charge in [0.2, 0.25) is 5.91 Å². The third kappa shape index (κ3) is 2.69. The summed E-state index contributed by atoms with van der Waals surface area (Å²) in [6.45, 7) is 0.809. The number of carbonyl (C=O) groups is 1. The number of nitrogens with one attached hydrogen (secondary N) is 2. The average Bonchev–Trinajstić information content (AvgIpc) is 3.09. The molecule has 6 heteroatoms. The van der Waals surface area contributed by atoms with Crippen molar-refractivity contribution in [3.8, 4) is 0 Å². The Morgan fingerprint density at radius 1 is 1.35 bits per heavy atom. The zero-order valence-corrected chi connectivity index (χ0v) is 10.9. The van der Waals surface area contributed by atoms with Crippen molar-refractivity contribution in [3.63, 3.8) is 0 Å². The van der Waals surface area contributed by atoms with Gasteiger partial charge in [-0.2, -0.15) is 5.10 Å². The molecule has 6 nitrogen and oxygen atoms in total. The monoisotopic (exact) mass is 269 g/mol. The summed E-state index contributed by atoms with van der Waals surface area (Å²) in [7, 11) is 0. The van der Waals surface area contributed by atoms with Crippen molar-refractivity contribution in [1.29, 1.82) is 0 Å². The van der Waals surface area contributed by atoms with Crippen LogP contribution in [0.25, 0.3) is 10.9 Å². The fourth-order valence-corrected chi connectivity index (χ4v) is 2.19. The Morgan fingerprint density at radius 3 is 3.10 bits per heavy atom. The van der Waals surface area contributed by atoms with Gasteiger partial charge in [-0.15, -0.1) is 0 Å². The fraction of sp³-hybridized carbons (Fsp3) is 0.214. The first kappa shape index (κ1) is 12.4. The highest BCUT2D eigenvalue weighted by molar-refractivity contribution is 5.83. The zero-order valence-electron chi connectivity index (χ0n) is 10.9. The van der Waals surface area contributed by atoms with Crippen LogP contribution < -0.4 is 5.32 Å². The van der Waals surface area contributed by atoms with Crippen molar-refractivity contribution in [2.24, 2.45) is 0 Å². The molecular weight excluding hydrogens is 254 g/mol. The first-order valence-electron chi connectivity index (χ1n) is 6.47. The van der Waals surface area contributed by atoms with E-state index in [1.165, 1.54) is 28.3 Å². The summed E-state index contributed by atoms with van der Waals surface area (Å²) in [5.41, 5.74) is 2.33. The van der Waals surface area contributed by atoms with Gasteiger partial charge in [0.25, 0.3) is 0 Å². The summed E-state index contributed by atoms with van der Waals surface area (Å²) in [6, 6.07) is 8.14. The van der Waals surface area contributed by atoms with Crippen molar-refractivity contribution in [2.75, 3.05) is 6.54 Å². The molecule has 3 aromatic rings. The number of rotatable bonds is 5. The Labute approximate surface area is 115 Å². The molecule has 1 amide bonds. The molecule has 0 atom stereocenters. The highest BCUT2D eigenvalue weighted by Crippen LogP contribution is 2.17. The largest absolute Gasteiger partial charge is 0.361 e. The molecule has 20 heavy (non-hydrogen) atoms. The third-order valence-electron chi connectivity index (χ3n) is 3.16. The Kier molecular flexibility index (Phi) is 3.45. The molecule has 3 rings (SSSR count). The number of benzene rings is 1. The van der Waals surface area contributed by atoms with Gasteiger partial charge >= 0.3 is 0 Å². The van der Waals surface area contributed by atoms with Crippen molar-refractivity contribution >= 4 is 16.8 Å². The first-order chi connectivity index (χ1) is 9.83. The summed E-state index contributed by atoms with van der Waals surface area (Å²) in [5, 5.41) is 7.98. The van der Waals surface area contributed by atoms with Crippen LogP contribution in [0, 0.1) is 0 Å². The zero-order chi connectivity index (χ0) is 13.8. The molecule has 0 saturated heterocycles. The summed E-state index contributed by atoms with van der Waals surface area (Å²) in [5.74, 6) is -0.0599. The van der Waals surface area contributed by atoms with Gasteiger partial charge in [-0.3, -0.25) is 4.79 Å². The van der Waals surface area contributed by atoms with Crippen LogP contribution in [-0.2, 0) is 17.8 Å². The van der Waals surface area contributed by atoms with Crippen LogP contribution in [0.1, 0.15) is 5.56 Å². The molecule has 0 spiro atoms. The number of hydrogen-bond acceptors (Lipinski definition) is 3. The Balaban J connectivity index is 1.53. The molecule has 0 saturated carbocycles. The first-order valence-corrected chi connectivity index (χ1v) is 6.47.